The molecule has 2 heterocycles. The van der Waals surface area contributed by atoms with Crippen molar-refractivity contribution in [3.05, 3.63) is 200 Å². The van der Waals surface area contributed by atoms with E-state index in [2.05, 4.69) is 193 Å². The van der Waals surface area contributed by atoms with Gasteiger partial charge in [0.2, 0.25) is 0 Å². The molecule has 0 aliphatic carbocycles. The zero-order chi connectivity index (χ0) is 37.5. The maximum Gasteiger partial charge on any atom is 0.145 e. The molecule has 0 spiro atoms. The average molecular weight is 728 g/mol. The molecule has 0 atom stereocenters. The van der Waals surface area contributed by atoms with Crippen LogP contribution < -0.4 is 4.90 Å². The van der Waals surface area contributed by atoms with Gasteiger partial charge in [0.15, 0.2) is 0 Å². The minimum absolute atomic E-state index is 0.862. The second-order valence-corrected chi connectivity index (χ2v) is 14.8. The molecule has 3 nitrogen and oxygen atoms in total. The predicted octanol–water partition coefficient (Wildman–Crippen LogP) is 15.7. The lowest BCUT2D eigenvalue weighted by atomic mass is 9.95. The van der Waals surface area contributed by atoms with Crippen molar-refractivity contribution in [1.29, 1.82) is 0 Å². The summed E-state index contributed by atoms with van der Waals surface area (Å²) in [6, 6.07) is 71.5. The first-order valence-electron chi connectivity index (χ1n) is 19.4. The van der Waals surface area contributed by atoms with Crippen molar-refractivity contribution < 1.29 is 8.83 Å². The zero-order valence-corrected chi connectivity index (χ0v) is 30.8. The van der Waals surface area contributed by atoms with Gasteiger partial charge in [-0.25, -0.2) is 0 Å². The molecule has 0 bridgehead atoms. The van der Waals surface area contributed by atoms with E-state index < -0.39 is 0 Å². The van der Waals surface area contributed by atoms with Crippen LogP contribution in [0.3, 0.4) is 0 Å². The molecule has 0 N–H and O–H groups in total. The lowest BCUT2D eigenvalue weighted by Gasteiger charge is -2.28. The van der Waals surface area contributed by atoms with Crippen LogP contribution in [0, 0.1) is 0 Å². The minimum atomic E-state index is 0.862. The van der Waals surface area contributed by atoms with Crippen molar-refractivity contribution in [3.63, 3.8) is 0 Å². The number of hydrogen-bond acceptors (Lipinski definition) is 3. The van der Waals surface area contributed by atoms with Gasteiger partial charge in [0, 0.05) is 32.8 Å². The Morgan fingerprint density at radius 2 is 0.895 bits per heavy atom. The molecule has 0 aliphatic rings. The molecule has 0 fully saturated rings. The number of benzene rings is 10. The van der Waals surface area contributed by atoms with Gasteiger partial charge < -0.3 is 13.7 Å². The summed E-state index contributed by atoms with van der Waals surface area (Å²) in [6.07, 6.45) is 0. The Morgan fingerprint density at radius 3 is 1.72 bits per heavy atom. The van der Waals surface area contributed by atoms with Gasteiger partial charge in [-0.2, -0.15) is 0 Å². The number of para-hydroxylation sites is 2. The van der Waals surface area contributed by atoms with E-state index in [0.717, 1.165) is 83.2 Å². The van der Waals surface area contributed by atoms with Crippen molar-refractivity contribution in [2.75, 3.05) is 4.90 Å². The van der Waals surface area contributed by atoms with Crippen LogP contribution in [0.15, 0.2) is 209 Å². The van der Waals surface area contributed by atoms with Crippen molar-refractivity contribution >= 4 is 93.3 Å². The van der Waals surface area contributed by atoms with Gasteiger partial charge in [0.25, 0.3) is 0 Å². The Balaban J connectivity index is 1.13. The van der Waals surface area contributed by atoms with Crippen LogP contribution in [-0.4, -0.2) is 0 Å². The Hall–Kier alpha value is -7.62. The van der Waals surface area contributed by atoms with Gasteiger partial charge in [-0.15, -0.1) is 0 Å². The molecule has 0 saturated heterocycles. The van der Waals surface area contributed by atoms with E-state index in [9.17, 15) is 0 Å². The van der Waals surface area contributed by atoms with Crippen molar-refractivity contribution in [1.82, 2.24) is 0 Å². The van der Waals surface area contributed by atoms with E-state index in [0.29, 0.717) is 0 Å². The average Bonchev–Trinajstić information content (AvgIpc) is 3.86. The van der Waals surface area contributed by atoms with Crippen molar-refractivity contribution in [2.24, 2.45) is 0 Å². The molecular weight excluding hydrogens is 695 g/mol. The molecule has 0 radical (unpaired) electrons. The van der Waals surface area contributed by atoms with Crippen LogP contribution in [0.2, 0.25) is 0 Å². The quantitative estimate of drug-likeness (QED) is 0.165. The van der Waals surface area contributed by atoms with Gasteiger partial charge in [0.05, 0.1) is 16.8 Å². The molecule has 266 valence electrons. The molecule has 2 aromatic heterocycles. The highest BCUT2D eigenvalue weighted by atomic mass is 16.3. The smallest absolute Gasteiger partial charge is 0.145 e. The highest BCUT2D eigenvalue weighted by Crippen LogP contribution is 2.49. The summed E-state index contributed by atoms with van der Waals surface area (Å²) in [4.78, 5) is 2.42. The highest BCUT2D eigenvalue weighted by Gasteiger charge is 2.24. The Labute approximate surface area is 328 Å². The number of rotatable bonds is 5. The molecule has 3 heteroatoms. The predicted molar refractivity (Wildman–Crippen MR) is 239 cm³/mol. The Bertz CT molecular complexity index is 3530. The van der Waals surface area contributed by atoms with Crippen LogP contribution in [0.1, 0.15) is 0 Å². The number of furan rings is 2. The maximum atomic E-state index is 6.90. The summed E-state index contributed by atoms with van der Waals surface area (Å²) in [6.45, 7) is 0. The van der Waals surface area contributed by atoms with Gasteiger partial charge in [-0.3, -0.25) is 0 Å². The molecule has 0 aliphatic heterocycles. The third kappa shape index (κ3) is 4.86. The largest absolute Gasteiger partial charge is 0.456 e. The van der Waals surface area contributed by atoms with Crippen LogP contribution >= 0.6 is 0 Å². The second-order valence-electron chi connectivity index (χ2n) is 14.8. The lowest BCUT2D eigenvalue weighted by Crippen LogP contribution is -2.11. The van der Waals surface area contributed by atoms with Gasteiger partial charge >= 0.3 is 0 Å². The molecule has 57 heavy (non-hydrogen) atoms. The van der Waals surface area contributed by atoms with Gasteiger partial charge in [-0.05, 0) is 92.2 Å². The summed E-state index contributed by atoms with van der Waals surface area (Å²) in [5.41, 5.74) is 11.2. The van der Waals surface area contributed by atoms with Crippen LogP contribution in [-0.2, 0) is 0 Å². The molecule has 10 aromatic carbocycles. The Kier molecular flexibility index (Phi) is 6.93. The molecule has 12 rings (SSSR count). The zero-order valence-electron chi connectivity index (χ0n) is 30.8. The molecular formula is C54H33NO2. The number of hydrogen-bond donors (Lipinski definition) is 0. The maximum absolute atomic E-state index is 6.90. The lowest BCUT2D eigenvalue weighted by molar-refractivity contribution is 0.669. The highest BCUT2D eigenvalue weighted by molar-refractivity contribution is 6.20. The topological polar surface area (TPSA) is 29.5 Å². The first-order valence-corrected chi connectivity index (χ1v) is 19.4. The molecule has 0 saturated carbocycles. The normalized spacial score (nSPS) is 11.9. The summed E-state index contributed by atoms with van der Waals surface area (Å²) < 4.78 is 13.2. The summed E-state index contributed by atoms with van der Waals surface area (Å²) in [5.74, 6) is 0. The van der Waals surface area contributed by atoms with E-state index >= 15 is 0 Å². The van der Waals surface area contributed by atoms with Crippen molar-refractivity contribution in [3.8, 4) is 22.3 Å². The Morgan fingerprint density at radius 1 is 0.298 bits per heavy atom. The summed E-state index contributed by atoms with van der Waals surface area (Å²) >= 11 is 0. The number of nitrogens with zero attached hydrogens (tertiary/aromatic N) is 1. The second kappa shape index (κ2) is 12.5. The fourth-order valence-corrected chi connectivity index (χ4v) is 9.10. The first kappa shape index (κ1) is 31.7. The summed E-state index contributed by atoms with van der Waals surface area (Å²) in [5, 5.41) is 11.7. The van der Waals surface area contributed by atoms with Crippen molar-refractivity contribution in [2.45, 2.75) is 0 Å². The van der Waals surface area contributed by atoms with E-state index in [-0.39, 0.29) is 0 Å². The van der Waals surface area contributed by atoms with Crippen LogP contribution in [0.5, 0.6) is 0 Å². The summed E-state index contributed by atoms with van der Waals surface area (Å²) in [7, 11) is 0. The van der Waals surface area contributed by atoms with Crippen LogP contribution in [0.4, 0.5) is 17.1 Å². The van der Waals surface area contributed by atoms with Crippen LogP contribution in [0.25, 0.3) is 98.4 Å². The third-order valence-electron chi connectivity index (χ3n) is 11.7. The third-order valence-corrected chi connectivity index (χ3v) is 11.7. The molecule has 0 unspecified atom stereocenters. The SMILES string of the molecule is c1ccc2c(-c3ccc(N(c4ccc(-c5cccc6oc7ccccc7c56)cc4)c4cccc5c4ccc4ccccc45)c4c3oc3ccccc34)cccc2c1. The van der Waals surface area contributed by atoms with Gasteiger partial charge in [-0.1, -0.05) is 152 Å². The van der Waals surface area contributed by atoms with E-state index in [1.54, 1.807) is 0 Å². The number of anilines is 3. The monoisotopic (exact) mass is 727 g/mol. The van der Waals surface area contributed by atoms with E-state index in [1.807, 2.05) is 12.1 Å². The fourth-order valence-electron chi connectivity index (χ4n) is 9.10. The number of fused-ring (bicyclic) bond motifs is 10. The van der Waals surface area contributed by atoms with E-state index in [1.165, 1.54) is 32.3 Å². The fraction of sp³-hybridized carbons (Fsp3) is 0. The van der Waals surface area contributed by atoms with Gasteiger partial charge in [0.1, 0.15) is 22.3 Å². The molecule has 12 aromatic rings. The minimum Gasteiger partial charge on any atom is -0.456 e. The van der Waals surface area contributed by atoms with E-state index in [4.69, 9.17) is 8.83 Å². The first-order chi connectivity index (χ1) is 28.3. The molecule has 0 amide bonds. The standard InChI is InChI=1S/C54H33NO2/c1-3-15-38-34(12-1)14-9-20-42(38)44-32-33-48(53-46-18-6-8-24-50(46)57-54(44)53)55(47-22-10-21-41-39-16-4-2-13-35(39)28-31-43(41)47)37-29-26-36(27-30-37)40-19-11-25-51-52(40)45-17-5-7-23-49(45)56-51/h1-33H.